The quantitative estimate of drug-likeness (QED) is 0.931. The molecule has 0 saturated carbocycles. The van der Waals surface area contributed by atoms with E-state index in [2.05, 4.69) is 5.32 Å². The lowest BCUT2D eigenvalue weighted by molar-refractivity contribution is -0.137. The maximum atomic E-state index is 12.8. The minimum absolute atomic E-state index is 0.0381. The zero-order chi connectivity index (χ0) is 16.3. The van der Waals surface area contributed by atoms with E-state index in [0.29, 0.717) is 0 Å². The molecule has 0 aromatic heterocycles. The first-order valence-corrected chi connectivity index (χ1v) is 6.08. The normalized spacial score (nSPS) is 11.9. The Bertz CT molecular complexity index is 569. The second-order valence-corrected chi connectivity index (χ2v) is 5.32. The Morgan fingerprint density at radius 1 is 1.33 bits per heavy atom. The highest BCUT2D eigenvalue weighted by molar-refractivity contribution is 5.91. The van der Waals surface area contributed by atoms with Crippen molar-refractivity contribution >= 4 is 11.6 Å². The fraction of sp³-hybridized carbons (Fsp3) is 0.429. The topological polar surface area (TPSA) is 62.1 Å². The molecule has 1 aromatic carbocycles. The molecule has 1 amide bonds. The number of halogens is 3. The van der Waals surface area contributed by atoms with Crippen molar-refractivity contribution in [2.45, 2.75) is 32.5 Å². The van der Waals surface area contributed by atoms with Crippen LogP contribution in [0.4, 0.5) is 18.9 Å². The Hall–Kier alpha value is -2.07. The van der Waals surface area contributed by atoms with Crippen LogP contribution in [0, 0.1) is 11.3 Å². The molecule has 0 fully saturated rings. The van der Waals surface area contributed by atoms with Crippen molar-refractivity contribution < 1.29 is 22.7 Å². The summed E-state index contributed by atoms with van der Waals surface area (Å²) in [6.45, 7) is 4.99. The number of rotatable bonds is 3. The van der Waals surface area contributed by atoms with Gasteiger partial charge in [-0.05, 0) is 39.0 Å². The number of anilines is 1. The minimum Gasteiger partial charge on any atom is -0.366 e. The summed E-state index contributed by atoms with van der Waals surface area (Å²) in [6, 6.07) is 4.46. The summed E-state index contributed by atoms with van der Waals surface area (Å²) in [5.74, 6) is -0.567. The van der Waals surface area contributed by atoms with E-state index in [1.165, 1.54) is 12.1 Å². The van der Waals surface area contributed by atoms with Crippen molar-refractivity contribution in [3.05, 3.63) is 29.3 Å². The van der Waals surface area contributed by atoms with Gasteiger partial charge < -0.3 is 10.1 Å². The number of carbonyl (C=O) groups excluding carboxylic acids is 1. The molecule has 4 nitrogen and oxygen atoms in total. The number of amides is 1. The third kappa shape index (κ3) is 5.44. The summed E-state index contributed by atoms with van der Waals surface area (Å²) in [6.07, 6.45) is -4.66. The molecule has 0 aliphatic rings. The molecule has 1 aromatic rings. The Labute approximate surface area is 120 Å². The van der Waals surface area contributed by atoms with Gasteiger partial charge in [-0.1, -0.05) is 0 Å². The van der Waals surface area contributed by atoms with E-state index in [1.807, 2.05) is 0 Å². The lowest BCUT2D eigenvalue weighted by Gasteiger charge is -2.19. The second kappa shape index (κ2) is 6.14. The Balaban J connectivity index is 2.87. The van der Waals surface area contributed by atoms with Crippen molar-refractivity contribution in [3.63, 3.8) is 0 Å². The number of nitrogens with one attached hydrogen (secondary N) is 1. The van der Waals surface area contributed by atoms with Gasteiger partial charge in [-0.25, -0.2) is 0 Å². The number of nitrogens with zero attached hydrogens (tertiary/aromatic N) is 1. The minimum atomic E-state index is -4.66. The van der Waals surface area contributed by atoms with Crippen molar-refractivity contribution in [2.24, 2.45) is 0 Å². The lowest BCUT2D eigenvalue weighted by atomic mass is 10.1. The lowest BCUT2D eigenvalue weighted by Crippen LogP contribution is -2.27. The van der Waals surface area contributed by atoms with E-state index in [-0.39, 0.29) is 12.3 Å². The summed E-state index contributed by atoms with van der Waals surface area (Å²) in [7, 11) is 0. The maximum Gasteiger partial charge on any atom is 0.417 e. The monoisotopic (exact) mass is 300 g/mol. The first-order chi connectivity index (χ1) is 9.53. The number of alkyl halides is 3. The largest absolute Gasteiger partial charge is 0.417 e. The summed E-state index contributed by atoms with van der Waals surface area (Å²) in [4.78, 5) is 11.6. The predicted octanol–water partition coefficient (Wildman–Crippen LogP) is 3.33. The van der Waals surface area contributed by atoms with Crippen LogP contribution >= 0.6 is 0 Å². The third-order valence-corrected chi connectivity index (χ3v) is 2.37. The number of carbonyl (C=O) groups is 1. The van der Waals surface area contributed by atoms with Crippen LogP contribution in [0.1, 0.15) is 31.9 Å². The molecule has 21 heavy (non-hydrogen) atoms. The van der Waals surface area contributed by atoms with Crippen molar-refractivity contribution in [1.82, 2.24) is 0 Å². The van der Waals surface area contributed by atoms with E-state index in [4.69, 9.17) is 10.00 Å². The number of ether oxygens (including phenoxy) is 1. The molecule has 1 rings (SSSR count). The molecular weight excluding hydrogens is 285 g/mol. The molecule has 1 N–H and O–H groups in total. The smallest absolute Gasteiger partial charge is 0.366 e. The number of hydrogen-bond donors (Lipinski definition) is 1. The molecule has 0 bridgehead atoms. The van der Waals surface area contributed by atoms with E-state index >= 15 is 0 Å². The molecule has 0 spiro atoms. The van der Waals surface area contributed by atoms with Crippen LogP contribution in [0.25, 0.3) is 0 Å². The van der Waals surface area contributed by atoms with Gasteiger partial charge in [0.15, 0.2) is 0 Å². The molecule has 0 radical (unpaired) electrons. The summed E-state index contributed by atoms with van der Waals surface area (Å²) >= 11 is 0. The van der Waals surface area contributed by atoms with E-state index in [0.717, 1.165) is 12.1 Å². The zero-order valence-electron chi connectivity index (χ0n) is 11.8. The number of benzene rings is 1. The molecule has 0 atom stereocenters. The summed E-state index contributed by atoms with van der Waals surface area (Å²) in [5.41, 5.74) is -2.14. The van der Waals surface area contributed by atoms with E-state index in [9.17, 15) is 18.0 Å². The van der Waals surface area contributed by atoms with Gasteiger partial charge in [0, 0.05) is 5.69 Å². The number of hydrogen-bond acceptors (Lipinski definition) is 3. The highest BCUT2D eigenvalue weighted by Gasteiger charge is 2.34. The standard InChI is InChI=1S/C14H15F3N2O2/c1-13(2,3)21-8-12(20)19-10-5-4-9(7-18)11(6-10)14(15,16)17/h4-6H,8H2,1-3H3,(H,19,20). The van der Waals surface area contributed by atoms with Gasteiger partial charge in [0.05, 0.1) is 22.8 Å². The highest BCUT2D eigenvalue weighted by Crippen LogP contribution is 2.33. The van der Waals surface area contributed by atoms with Gasteiger partial charge in [0.1, 0.15) is 6.61 Å². The first-order valence-electron chi connectivity index (χ1n) is 6.08. The molecule has 0 heterocycles. The molecule has 0 aliphatic heterocycles. The molecule has 0 aliphatic carbocycles. The molecular formula is C14H15F3N2O2. The van der Waals surface area contributed by atoms with Crippen LogP contribution in [0.3, 0.4) is 0 Å². The maximum absolute atomic E-state index is 12.8. The fourth-order valence-electron chi connectivity index (χ4n) is 1.43. The Kier molecular flexibility index (Phi) is 4.97. The van der Waals surface area contributed by atoms with Gasteiger partial charge in [0.25, 0.3) is 0 Å². The third-order valence-electron chi connectivity index (χ3n) is 2.37. The SMILES string of the molecule is CC(C)(C)OCC(=O)Nc1ccc(C#N)c(C(F)(F)F)c1. The van der Waals surface area contributed by atoms with Crippen molar-refractivity contribution in [3.8, 4) is 6.07 Å². The summed E-state index contributed by atoms with van der Waals surface area (Å²) in [5, 5.41) is 11.0. The average molecular weight is 300 g/mol. The van der Waals surface area contributed by atoms with Gasteiger partial charge in [-0.15, -0.1) is 0 Å². The van der Waals surface area contributed by atoms with E-state index < -0.39 is 28.8 Å². The fourth-order valence-corrected chi connectivity index (χ4v) is 1.43. The van der Waals surface area contributed by atoms with Crippen molar-refractivity contribution in [2.75, 3.05) is 11.9 Å². The van der Waals surface area contributed by atoms with E-state index in [1.54, 1.807) is 20.8 Å². The van der Waals surface area contributed by atoms with Gasteiger partial charge in [0.2, 0.25) is 5.91 Å². The van der Waals surface area contributed by atoms with Crippen LogP contribution in [-0.4, -0.2) is 18.1 Å². The molecule has 0 saturated heterocycles. The van der Waals surface area contributed by atoms with Gasteiger partial charge >= 0.3 is 6.18 Å². The second-order valence-electron chi connectivity index (χ2n) is 5.32. The van der Waals surface area contributed by atoms with Crippen LogP contribution in [0.5, 0.6) is 0 Å². The number of nitriles is 1. The predicted molar refractivity (Wildman–Crippen MR) is 70.5 cm³/mol. The Morgan fingerprint density at radius 2 is 1.95 bits per heavy atom. The Morgan fingerprint density at radius 3 is 2.43 bits per heavy atom. The first kappa shape index (κ1) is 17.0. The van der Waals surface area contributed by atoms with Gasteiger partial charge in [-0.3, -0.25) is 4.79 Å². The molecule has 114 valence electrons. The van der Waals surface area contributed by atoms with Crippen molar-refractivity contribution in [1.29, 1.82) is 5.26 Å². The van der Waals surface area contributed by atoms with Crippen LogP contribution < -0.4 is 5.32 Å². The zero-order valence-corrected chi connectivity index (χ0v) is 11.8. The summed E-state index contributed by atoms with van der Waals surface area (Å²) < 4.78 is 43.5. The highest BCUT2D eigenvalue weighted by atomic mass is 19.4. The van der Waals surface area contributed by atoms with Gasteiger partial charge in [-0.2, -0.15) is 18.4 Å². The van der Waals surface area contributed by atoms with Crippen LogP contribution in [0.2, 0.25) is 0 Å². The average Bonchev–Trinajstić information content (AvgIpc) is 2.34. The molecule has 0 unspecified atom stereocenters. The molecule has 7 heteroatoms. The van der Waals surface area contributed by atoms with Crippen LogP contribution in [0.15, 0.2) is 18.2 Å². The van der Waals surface area contributed by atoms with Crippen LogP contribution in [-0.2, 0) is 15.7 Å².